The number of fused-ring (bicyclic) bond motifs is 1. The number of allylic oxidation sites excluding steroid dienone is 1. The van der Waals surface area contributed by atoms with Gasteiger partial charge in [-0.3, -0.25) is 0 Å². The molecule has 4 aromatic rings. The van der Waals surface area contributed by atoms with Crippen LogP contribution in [0.1, 0.15) is 24.0 Å². The number of pyridine rings is 1. The number of ether oxygens (including phenoxy) is 1. The molecule has 4 heterocycles. The third-order valence-corrected chi connectivity index (χ3v) is 5.94. The molecule has 37 heavy (non-hydrogen) atoms. The van der Waals surface area contributed by atoms with Crippen LogP contribution in [0.5, 0.6) is 5.75 Å². The number of benzene rings is 1. The summed E-state index contributed by atoms with van der Waals surface area (Å²) in [6, 6.07) is 3.94. The molecule has 5 rings (SSSR count). The van der Waals surface area contributed by atoms with Gasteiger partial charge in [0.1, 0.15) is 18.1 Å². The normalized spacial score (nSPS) is 16.4. The lowest BCUT2D eigenvalue weighted by Crippen LogP contribution is -2.27. The molecule has 0 radical (unpaired) electrons. The number of nitrogens with zero attached hydrogens (tertiary/aromatic N) is 4. The fourth-order valence-corrected chi connectivity index (χ4v) is 4.13. The summed E-state index contributed by atoms with van der Waals surface area (Å²) in [4.78, 5) is 8.18. The Hall–Kier alpha value is -3.74. The topological polar surface area (TPSA) is 77.5 Å². The number of halogens is 7. The first-order valence-electron chi connectivity index (χ1n) is 10.8. The number of imidazole rings is 1. The highest BCUT2D eigenvalue weighted by Crippen LogP contribution is 2.39. The van der Waals surface area contributed by atoms with E-state index in [4.69, 9.17) is 20.9 Å². The van der Waals surface area contributed by atoms with Crippen molar-refractivity contribution in [2.45, 2.75) is 31.2 Å². The molecule has 0 saturated carbocycles. The van der Waals surface area contributed by atoms with Gasteiger partial charge in [0.2, 0.25) is 5.82 Å². The van der Waals surface area contributed by atoms with Crippen molar-refractivity contribution in [1.29, 1.82) is 0 Å². The van der Waals surface area contributed by atoms with Crippen LogP contribution in [-0.2, 0) is 12.4 Å². The van der Waals surface area contributed by atoms with Crippen molar-refractivity contribution in [1.82, 2.24) is 24.8 Å². The molecule has 7 nitrogen and oxygen atoms in total. The van der Waals surface area contributed by atoms with Crippen molar-refractivity contribution >= 4 is 17.2 Å². The van der Waals surface area contributed by atoms with Crippen LogP contribution in [0, 0.1) is 0 Å². The van der Waals surface area contributed by atoms with E-state index < -0.39 is 23.5 Å². The maximum atomic E-state index is 13.8. The van der Waals surface area contributed by atoms with Crippen LogP contribution in [0.15, 0.2) is 53.5 Å². The predicted octanol–water partition coefficient (Wildman–Crippen LogP) is 6.39. The van der Waals surface area contributed by atoms with E-state index in [9.17, 15) is 26.3 Å². The highest BCUT2D eigenvalue weighted by atomic mass is 35.5. The van der Waals surface area contributed by atoms with E-state index in [1.807, 2.05) is 0 Å². The molecule has 1 fully saturated rings. The first-order chi connectivity index (χ1) is 17.4. The van der Waals surface area contributed by atoms with Gasteiger partial charge in [0.05, 0.1) is 22.2 Å². The predicted molar refractivity (Wildman–Crippen MR) is 120 cm³/mol. The minimum absolute atomic E-state index is 0.00519. The smallest absolute Gasteiger partial charge is 0.419 e. The monoisotopic (exact) mass is 543 g/mol. The molecule has 0 spiro atoms. The minimum Gasteiger partial charge on any atom is -0.491 e. The molecule has 3 aromatic heterocycles. The maximum Gasteiger partial charge on any atom is 0.419 e. The average Bonchev–Trinajstić information content (AvgIpc) is 3.55. The second-order valence-electron chi connectivity index (χ2n) is 8.36. The SMILES string of the molecule is C=C1CC[C@H](COc2ccc(-c3noc(-c4cn5cc(C(F)(F)F)cc(Cl)c5n4)n3)cc2C(F)(F)F)N1. The van der Waals surface area contributed by atoms with Gasteiger partial charge in [-0.15, -0.1) is 0 Å². The number of rotatable bonds is 5. The Balaban J connectivity index is 1.43. The summed E-state index contributed by atoms with van der Waals surface area (Å²) in [5.41, 5.74) is -1.22. The van der Waals surface area contributed by atoms with Gasteiger partial charge in [0.15, 0.2) is 5.65 Å². The fourth-order valence-electron chi connectivity index (χ4n) is 3.87. The number of hydrogen-bond acceptors (Lipinski definition) is 6. The molecule has 1 N–H and O–H groups in total. The number of hydrogen-bond donors (Lipinski definition) is 1. The third kappa shape index (κ3) is 5.08. The zero-order valence-electron chi connectivity index (χ0n) is 18.6. The molecule has 1 atom stereocenters. The van der Waals surface area contributed by atoms with Crippen LogP contribution in [0.25, 0.3) is 28.6 Å². The van der Waals surface area contributed by atoms with E-state index >= 15 is 0 Å². The quantitative estimate of drug-likeness (QED) is 0.294. The summed E-state index contributed by atoms with van der Waals surface area (Å²) in [6.07, 6.45) is -5.94. The zero-order valence-corrected chi connectivity index (χ0v) is 19.4. The first kappa shape index (κ1) is 24.9. The third-order valence-electron chi connectivity index (χ3n) is 5.66. The van der Waals surface area contributed by atoms with E-state index in [1.54, 1.807) is 0 Å². The number of alkyl halides is 6. The van der Waals surface area contributed by atoms with Gasteiger partial charge in [-0.05, 0) is 37.1 Å². The Morgan fingerprint density at radius 2 is 1.89 bits per heavy atom. The van der Waals surface area contributed by atoms with Gasteiger partial charge >= 0.3 is 12.4 Å². The number of aromatic nitrogens is 4. The molecule has 14 heteroatoms. The number of nitrogens with one attached hydrogen (secondary N) is 1. The van der Waals surface area contributed by atoms with Crippen molar-refractivity contribution in [3.05, 3.63) is 65.1 Å². The Labute approximate surface area is 209 Å². The van der Waals surface area contributed by atoms with Crippen LogP contribution in [0.2, 0.25) is 5.02 Å². The molecule has 1 saturated heterocycles. The molecule has 0 unspecified atom stereocenters. The largest absolute Gasteiger partial charge is 0.491 e. The summed E-state index contributed by atoms with van der Waals surface area (Å²) < 4.78 is 92.2. The molecule has 0 aliphatic carbocycles. The highest BCUT2D eigenvalue weighted by molar-refractivity contribution is 6.33. The minimum atomic E-state index is -4.72. The fraction of sp³-hybridized carbons (Fsp3) is 0.261. The van der Waals surface area contributed by atoms with Crippen LogP contribution in [-0.4, -0.2) is 32.2 Å². The molecule has 1 aromatic carbocycles. The molecule has 1 aliphatic rings. The summed E-state index contributed by atoms with van der Waals surface area (Å²) in [5, 5.41) is 6.50. The Kier molecular flexibility index (Phi) is 6.05. The second kappa shape index (κ2) is 8.98. The van der Waals surface area contributed by atoms with Crippen LogP contribution < -0.4 is 10.1 Å². The van der Waals surface area contributed by atoms with Crippen molar-refractivity contribution in [3.8, 4) is 28.7 Å². The van der Waals surface area contributed by atoms with Gasteiger partial charge in [-0.2, -0.15) is 31.3 Å². The molecule has 194 valence electrons. The van der Waals surface area contributed by atoms with E-state index in [2.05, 4.69) is 27.0 Å². The second-order valence-corrected chi connectivity index (χ2v) is 8.77. The Bertz CT molecular complexity index is 1490. The van der Waals surface area contributed by atoms with Crippen LogP contribution in [0.4, 0.5) is 26.3 Å². The van der Waals surface area contributed by atoms with Crippen molar-refractivity contribution in [2.24, 2.45) is 0 Å². The Morgan fingerprint density at radius 3 is 2.57 bits per heavy atom. The lowest BCUT2D eigenvalue weighted by molar-refractivity contribution is -0.139. The molecule has 0 amide bonds. The highest BCUT2D eigenvalue weighted by Gasteiger charge is 2.36. The van der Waals surface area contributed by atoms with Gasteiger partial charge in [-0.25, -0.2) is 4.98 Å². The summed E-state index contributed by atoms with van der Waals surface area (Å²) in [6.45, 7) is 3.82. The molecular formula is C23H16ClF6N5O2. The zero-order chi connectivity index (χ0) is 26.5. The maximum absolute atomic E-state index is 13.8. The lowest BCUT2D eigenvalue weighted by atomic mass is 10.1. The van der Waals surface area contributed by atoms with Crippen LogP contribution in [0.3, 0.4) is 0 Å². The van der Waals surface area contributed by atoms with E-state index in [0.29, 0.717) is 6.42 Å². The molecular weight excluding hydrogens is 528 g/mol. The average molecular weight is 544 g/mol. The van der Waals surface area contributed by atoms with Crippen molar-refractivity contribution in [2.75, 3.05) is 6.61 Å². The van der Waals surface area contributed by atoms with E-state index in [1.165, 1.54) is 18.3 Å². The summed E-state index contributed by atoms with van der Waals surface area (Å²) in [7, 11) is 0. The van der Waals surface area contributed by atoms with Crippen LogP contribution >= 0.6 is 11.6 Å². The van der Waals surface area contributed by atoms with Crippen molar-refractivity contribution in [3.63, 3.8) is 0 Å². The Morgan fingerprint density at radius 1 is 1.11 bits per heavy atom. The van der Waals surface area contributed by atoms with Gasteiger partial charge < -0.3 is 19.0 Å². The molecule has 1 aliphatic heterocycles. The van der Waals surface area contributed by atoms with Gasteiger partial charge in [0.25, 0.3) is 5.89 Å². The molecule has 0 bridgehead atoms. The van der Waals surface area contributed by atoms with Crippen molar-refractivity contribution < 1.29 is 35.6 Å². The van der Waals surface area contributed by atoms with Gasteiger partial charge in [0, 0.05) is 23.7 Å². The first-order valence-corrected chi connectivity index (χ1v) is 11.1. The van der Waals surface area contributed by atoms with E-state index in [-0.39, 0.29) is 52.0 Å². The summed E-state index contributed by atoms with van der Waals surface area (Å²) >= 11 is 5.94. The van der Waals surface area contributed by atoms with E-state index in [0.717, 1.165) is 34.8 Å². The van der Waals surface area contributed by atoms with Gasteiger partial charge in [-0.1, -0.05) is 23.3 Å². The lowest BCUT2D eigenvalue weighted by Gasteiger charge is -2.17. The standard InChI is InChI=1S/C23H16ClF6N5O2/c1-11-2-4-14(31-11)10-36-18-5-3-12(6-15(18)23(28,29)30)19-33-21(37-34-19)17-9-35-8-13(22(25,26)27)7-16(24)20(35)32-17/h3,5-9,14,31H,1-2,4,10H2/t14-/m1/s1. The summed E-state index contributed by atoms with van der Waals surface area (Å²) in [5.74, 6) is -0.751.